The zero-order valence-corrected chi connectivity index (χ0v) is 15.2. The van der Waals surface area contributed by atoms with E-state index < -0.39 is 0 Å². The largest absolute Gasteiger partial charge is 0.375 e. The van der Waals surface area contributed by atoms with Gasteiger partial charge in [-0.1, -0.05) is 30.3 Å². The van der Waals surface area contributed by atoms with Crippen LogP contribution in [0.25, 0.3) is 0 Å². The fourth-order valence-corrected chi connectivity index (χ4v) is 3.71. The molecular formula is C17H25ClN4S. The molecule has 1 aromatic carbocycles. The van der Waals surface area contributed by atoms with Gasteiger partial charge in [0.15, 0.2) is 5.13 Å². The topological polar surface area (TPSA) is 45.4 Å². The Morgan fingerprint density at radius 2 is 1.96 bits per heavy atom. The van der Waals surface area contributed by atoms with Crippen LogP contribution in [0, 0.1) is 0 Å². The summed E-state index contributed by atoms with van der Waals surface area (Å²) in [5.41, 5.74) is 7.13. The predicted molar refractivity (Wildman–Crippen MR) is 100.0 cm³/mol. The van der Waals surface area contributed by atoms with E-state index in [1.807, 2.05) is 6.20 Å². The molecule has 2 heterocycles. The van der Waals surface area contributed by atoms with Crippen LogP contribution in [0.1, 0.15) is 23.8 Å². The molecule has 0 saturated carbocycles. The second-order valence-corrected chi connectivity index (χ2v) is 7.18. The lowest BCUT2D eigenvalue weighted by molar-refractivity contribution is 0.205. The first kappa shape index (κ1) is 18.2. The summed E-state index contributed by atoms with van der Waals surface area (Å²) in [7, 11) is 0. The molecule has 1 fully saturated rings. The first-order valence-electron chi connectivity index (χ1n) is 7.91. The SMILES string of the molecule is CC1CCN(Cc2cnc(N)s2)CCN1Cc1ccccc1.Cl. The number of hydrogen-bond donors (Lipinski definition) is 1. The van der Waals surface area contributed by atoms with Crippen molar-refractivity contribution in [1.29, 1.82) is 0 Å². The van der Waals surface area contributed by atoms with E-state index in [-0.39, 0.29) is 12.4 Å². The van der Waals surface area contributed by atoms with Crippen LogP contribution in [0.5, 0.6) is 0 Å². The molecule has 1 saturated heterocycles. The summed E-state index contributed by atoms with van der Waals surface area (Å²) in [6, 6.07) is 11.4. The minimum absolute atomic E-state index is 0. The van der Waals surface area contributed by atoms with Crippen molar-refractivity contribution in [2.75, 3.05) is 25.4 Å². The molecule has 2 aromatic rings. The summed E-state index contributed by atoms with van der Waals surface area (Å²) in [6.07, 6.45) is 3.12. The number of thiazole rings is 1. The molecule has 3 rings (SSSR count). The van der Waals surface area contributed by atoms with Gasteiger partial charge in [-0.2, -0.15) is 0 Å². The molecular weight excluding hydrogens is 328 g/mol. The lowest BCUT2D eigenvalue weighted by Gasteiger charge is -2.26. The van der Waals surface area contributed by atoms with E-state index in [0.29, 0.717) is 11.2 Å². The van der Waals surface area contributed by atoms with Crippen LogP contribution in [0.3, 0.4) is 0 Å². The maximum atomic E-state index is 5.73. The number of anilines is 1. The Hall–Kier alpha value is -1.14. The zero-order chi connectivity index (χ0) is 15.4. The average Bonchev–Trinajstić information content (AvgIpc) is 2.86. The third-order valence-corrected chi connectivity index (χ3v) is 5.18. The number of aromatic nitrogens is 1. The van der Waals surface area contributed by atoms with Crippen LogP contribution in [0.2, 0.25) is 0 Å². The molecule has 0 aliphatic carbocycles. The van der Waals surface area contributed by atoms with Crippen LogP contribution >= 0.6 is 23.7 Å². The fourth-order valence-electron chi connectivity index (χ4n) is 2.98. The summed E-state index contributed by atoms with van der Waals surface area (Å²) in [4.78, 5) is 10.5. The van der Waals surface area contributed by atoms with Crippen LogP contribution in [0.15, 0.2) is 36.5 Å². The molecule has 1 aromatic heterocycles. The van der Waals surface area contributed by atoms with E-state index in [1.165, 1.54) is 16.9 Å². The summed E-state index contributed by atoms with van der Waals surface area (Å²) in [5.74, 6) is 0. The summed E-state index contributed by atoms with van der Waals surface area (Å²) in [6.45, 7) is 7.73. The number of hydrogen-bond acceptors (Lipinski definition) is 5. The monoisotopic (exact) mass is 352 g/mol. The Bertz CT molecular complexity index is 589. The van der Waals surface area contributed by atoms with Crippen LogP contribution in [-0.4, -0.2) is 40.5 Å². The van der Waals surface area contributed by atoms with Gasteiger partial charge in [0.1, 0.15) is 0 Å². The first-order valence-corrected chi connectivity index (χ1v) is 8.73. The van der Waals surface area contributed by atoms with E-state index >= 15 is 0 Å². The number of rotatable bonds is 4. The molecule has 4 nitrogen and oxygen atoms in total. The van der Waals surface area contributed by atoms with Gasteiger partial charge in [-0.25, -0.2) is 4.98 Å². The lowest BCUT2D eigenvalue weighted by Crippen LogP contribution is -2.34. The minimum atomic E-state index is 0. The van der Waals surface area contributed by atoms with Crippen molar-refractivity contribution in [3.05, 3.63) is 47.0 Å². The van der Waals surface area contributed by atoms with E-state index in [4.69, 9.17) is 5.73 Å². The molecule has 0 amide bonds. The predicted octanol–water partition coefficient (Wildman–Crippen LogP) is 3.24. The van der Waals surface area contributed by atoms with E-state index in [9.17, 15) is 0 Å². The quantitative estimate of drug-likeness (QED) is 0.917. The second-order valence-electron chi connectivity index (χ2n) is 6.03. The van der Waals surface area contributed by atoms with Gasteiger partial charge in [0.05, 0.1) is 0 Å². The molecule has 23 heavy (non-hydrogen) atoms. The van der Waals surface area contributed by atoms with Gasteiger partial charge >= 0.3 is 0 Å². The Kier molecular flexibility index (Phi) is 6.84. The van der Waals surface area contributed by atoms with Gasteiger partial charge in [0, 0.05) is 49.8 Å². The normalized spacial score (nSPS) is 20.0. The second kappa shape index (κ2) is 8.64. The van der Waals surface area contributed by atoms with Gasteiger partial charge in [-0.3, -0.25) is 9.80 Å². The number of nitrogens with two attached hydrogens (primary N) is 1. The van der Waals surface area contributed by atoms with Crippen molar-refractivity contribution >= 4 is 28.9 Å². The van der Waals surface area contributed by atoms with Crippen LogP contribution in [0.4, 0.5) is 5.13 Å². The molecule has 126 valence electrons. The highest BCUT2D eigenvalue weighted by molar-refractivity contribution is 7.15. The van der Waals surface area contributed by atoms with Gasteiger partial charge in [0.2, 0.25) is 0 Å². The van der Waals surface area contributed by atoms with E-state index in [2.05, 4.69) is 52.0 Å². The third-order valence-electron chi connectivity index (χ3n) is 4.37. The number of halogens is 1. The lowest BCUT2D eigenvalue weighted by atomic mass is 10.1. The van der Waals surface area contributed by atoms with E-state index in [0.717, 1.165) is 32.7 Å². The molecule has 0 bridgehead atoms. The van der Waals surface area contributed by atoms with E-state index in [1.54, 1.807) is 11.3 Å². The number of benzene rings is 1. The maximum absolute atomic E-state index is 5.73. The fraction of sp³-hybridized carbons (Fsp3) is 0.471. The van der Waals surface area contributed by atoms with Crippen molar-refractivity contribution in [3.8, 4) is 0 Å². The first-order chi connectivity index (χ1) is 10.7. The maximum Gasteiger partial charge on any atom is 0.180 e. The van der Waals surface area contributed by atoms with Gasteiger partial charge in [-0.15, -0.1) is 23.7 Å². The van der Waals surface area contributed by atoms with Crippen LogP contribution in [-0.2, 0) is 13.1 Å². The highest BCUT2D eigenvalue weighted by Gasteiger charge is 2.21. The smallest absolute Gasteiger partial charge is 0.180 e. The Balaban J connectivity index is 0.00000192. The third kappa shape index (κ3) is 5.18. The number of nitrogen functional groups attached to an aromatic ring is 1. The van der Waals surface area contributed by atoms with Crippen molar-refractivity contribution in [1.82, 2.24) is 14.8 Å². The van der Waals surface area contributed by atoms with Gasteiger partial charge in [0.25, 0.3) is 0 Å². The van der Waals surface area contributed by atoms with Crippen molar-refractivity contribution < 1.29 is 0 Å². The average molecular weight is 353 g/mol. The standard InChI is InChI=1S/C17H24N4S.ClH/c1-14-7-8-20(13-16-11-19-17(18)22-16)9-10-21(14)12-15-5-3-2-4-6-15;/h2-6,11,14H,7-10,12-13H2,1H3,(H2,18,19);1H. The van der Waals surface area contributed by atoms with Crippen molar-refractivity contribution in [2.24, 2.45) is 0 Å². The summed E-state index contributed by atoms with van der Waals surface area (Å²) >= 11 is 1.60. The Morgan fingerprint density at radius 1 is 1.17 bits per heavy atom. The van der Waals surface area contributed by atoms with Crippen molar-refractivity contribution in [3.63, 3.8) is 0 Å². The molecule has 1 atom stereocenters. The van der Waals surface area contributed by atoms with Crippen molar-refractivity contribution in [2.45, 2.75) is 32.5 Å². The molecule has 6 heteroatoms. The summed E-state index contributed by atoms with van der Waals surface area (Å²) in [5, 5.41) is 0.670. The molecule has 1 aliphatic heterocycles. The Morgan fingerprint density at radius 3 is 2.65 bits per heavy atom. The Labute approximate surface area is 148 Å². The van der Waals surface area contributed by atoms with Gasteiger partial charge in [-0.05, 0) is 18.9 Å². The summed E-state index contributed by atoms with van der Waals surface area (Å²) < 4.78 is 0. The number of nitrogens with zero attached hydrogens (tertiary/aromatic N) is 3. The minimum Gasteiger partial charge on any atom is -0.375 e. The zero-order valence-electron chi connectivity index (χ0n) is 13.5. The molecule has 1 aliphatic rings. The molecule has 0 spiro atoms. The molecule has 0 radical (unpaired) electrons. The molecule has 1 unspecified atom stereocenters. The van der Waals surface area contributed by atoms with Gasteiger partial charge < -0.3 is 5.73 Å². The highest BCUT2D eigenvalue weighted by atomic mass is 35.5. The highest BCUT2D eigenvalue weighted by Crippen LogP contribution is 2.19. The molecule has 2 N–H and O–H groups in total. The van der Waals surface area contributed by atoms with Crippen LogP contribution < -0.4 is 5.73 Å².